The molecule has 2 N–H and O–H groups in total. The second-order valence-corrected chi connectivity index (χ2v) is 3.18. The van der Waals surface area contributed by atoms with Crippen LogP contribution in [0.3, 0.4) is 0 Å². The van der Waals surface area contributed by atoms with Crippen molar-refractivity contribution in [3.8, 4) is 0 Å². The van der Waals surface area contributed by atoms with Gasteiger partial charge < -0.3 is 5.73 Å². The Hall–Kier alpha value is -0.830. The first kappa shape index (κ1) is 9.26. The molecule has 1 rings (SSSR count). The third-order valence-corrected chi connectivity index (χ3v) is 2.28. The van der Waals surface area contributed by atoms with Gasteiger partial charge in [-0.15, -0.1) is 0 Å². The highest BCUT2D eigenvalue weighted by Crippen LogP contribution is 2.12. The van der Waals surface area contributed by atoms with Gasteiger partial charge in [0, 0.05) is 24.3 Å². The Labute approximate surface area is 73.6 Å². The Morgan fingerprint density at radius 2 is 2.33 bits per heavy atom. The Morgan fingerprint density at radius 1 is 1.67 bits per heavy atom. The molecule has 0 saturated carbocycles. The van der Waals surface area contributed by atoms with Gasteiger partial charge in [0.1, 0.15) is 0 Å². The van der Waals surface area contributed by atoms with Crippen molar-refractivity contribution in [1.29, 1.82) is 0 Å². The Bertz CT molecular complexity index is 252. The highest BCUT2D eigenvalue weighted by Gasteiger charge is 2.06. The molecule has 0 fully saturated rings. The summed E-state index contributed by atoms with van der Waals surface area (Å²) >= 11 is 0. The fourth-order valence-corrected chi connectivity index (χ4v) is 1.13. The summed E-state index contributed by atoms with van der Waals surface area (Å²) in [5.41, 5.74) is 7.75. The number of aromatic nitrogens is 2. The summed E-state index contributed by atoms with van der Waals surface area (Å²) in [6.07, 6.45) is 3.15. The molecule has 1 unspecified atom stereocenters. The molecule has 1 aromatic rings. The molecule has 0 amide bonds. The monoisotopic (exact) mass is 167 g/mol. The Morgan fingerprint density at radius 3 is 2.75 bits per heavy atom. The van der Waals surface area contributed by atoms with Gasteiger partial charge in [0.2, 0.25) is 0 Å². The van der Waals surface area contributed by atoms with Crippen LogP contribution in [0.1, 0.15) is 37.6 Å². The quantitative estimate of drug-likeness (QED) is 0.743. The minimum absolute atomic E-state index is 0.476. The second-order valence-electron chi connectivity index (χ2n) is 3.18. The van der Waals surface area contributed by atoms with Crippen LogP contribution in [0.5, 0.6) is 0 Å². The fraction of sp³-hybridized carbons (Fsp3) is 0.667. The van der Waals surface area contributed by atoms with E-state index in [2.05, 4.69) is 18.9 Å². The molecule has 1 heterocycles. The van der Waals surface area contributed by atoms with Crippen LogP contribution < -0.4 is 5.73 Å². The zero-order valence-electron chi connectivity index (χ0n) is 8.04. The number of rotatable bonds is 3. The van der Waals surface area contributed by atoms with Gasteiger partial charge >= 0.3 is 0 Å². The first-order valence-corrected chi connectivity index (χ1v) is 4.43. The molecule has 1 atom stereocenters. The number of aryl methyl sites for hydroxylation is 1. The number of hydrogen-bond acceptors (Lipinski definition) is 2. The molecule has 0 saturated heterocycles. The number of nitrogens with two attached hydrogens (primary N) is 1. The van der Waals surface area contributed by atoms with Gasteiger partial charge in [0.25, 0.3) is 0 Å². The van der Waals surface area contributed by atoms with Crippen molar-refractivity contribution in [2.24, 2.45) is 5.73 Å². The highest BCUT2D eigenvalue weighted by atomic mass is 15.3. The summed E-state index contributed by atoms with van der Waals surface area (Å²) in [6.45, 7) is 6.90. The molecular weight excluding hydrogens is 150 g/mol. The van der Waals surface area contributed by atoms with Crippen LogP contribution >= 0.6 is 0 Å². The van der Waals surface area contributed by atoms with E-state index in [1.165, 1.54) is 0 Å². The molecule has 0 radical (unpaired) electrons. The molecule has 0 aromatic carbocycles. The third kappa shape index (κ3) is 1.67. The lowest BCUT2D eigenvalue weighted by Crippen LogP contribution is -2.04. The van der Waals surface area contributed by atoms with Crippen molar-refractivity contribution in [3.63, 3.8) is 0 Å². The van der Waals surface area contributed by atoms with Gasteiger partial charge in [0.15, 0.2) is 0 Å². The normalized spacial score (nSPS) is 13.3. The van der Waals surface area contributed by atoms with Crippen LogP contribution in [0, 0.1) is 6.92 Å². The lowest BCUT2D eigenvalue weighted by atomic mass is 10.2. The van der Waals surface area contributed by atoms with Crippen molar-refractivity contribution < 1.29 is 0 Å². The van der Waals surface area contributed by atoms with E-state index in [0.29, 0.717) is 12.6 Å². The average molecular weight is 167 g/mol. The topological polar surface area (TPSA) is 43.8 Å². The summed E-state index contributed by atoms with van der Waals surface area (Å²) in [6, 6.07) is 0.476. The highest BCUT2D eigenvalue weighted by molar-refractivity contribution is 5.14. The van der Waals surface area contributed by atoms with E-state index < -0.39 is 0 Å². The van der Waals surface area contributed by atoms with Gasteiger partial charge in [-0.2, -0.15) is 5.10 Å². The average Bonchev–Trinajstić information content (AvgIpc) is 2.45. The van der Waals surface area contributed by atoms with Crippen LogP contribution in [0.15, 0.2) is 6.20 Å². The molecule has 0 spiro atoms. The molecule has 0 bridgehead atoms. The smallest absolute Gasteiger partial charge is 0.0638 e. The molecule has 3 heteroatoms. The van der Waals surface area contributed by atoms with Crippen molar-refractivity contribution in [2.75, 3.05) is 0 Å². The van der Waals surface area contributed by atoms with Crippen molar-refractivity contribution in [3.05, 3.63) is 17.5 Å². The van der Waals surface area contributed by atoms with Gasteiger partial charge in [-0.05, 0) is 20.3 Å². The lowest BCUT2D eigenvalue weighted by Gasteiger charge is -2.07. The SMILES string of the molecule is CCC(C)n1cc(CN)c(C)n1. The third-order valence-electron chi connectivity index (χ3n) is 2.28. The maximum Gasteiger partial charge on any atom is 0.0638 e. The maximum absolute atomic E-state index is 5.55. The largest absolute Gasteiger partial charge is 0.326 e. The zero-order valence-corrected chi connectivity index (χ0v) is 8.04. The molecule has 1 aromatic heterocycles. The van der Waals surface area contributed by atoms with Gasteiger partial charge in [-0.25, -0.2) is 0 Å². The van der Waals surface area contributed by atoms with Gasteiger partial charge in [0.05, 0.1) is 5.69 Å². The first-order chi connectivity index (χ1) is 5.69. The molecule has 0 aliphatic rings. The first-order valence-electron chi connectivity index (χ1n) is 4.43. The molecule has 0 aliphatic carbocycles. The fourth-order valence-electron chi connectivity index (χ4n) is 1.13. The summed E-state index contributed by atoms with van der Waals surface area (Å²) in [5.74, 6) is 0. The Kier molecular flexibility index (Phi) is 2.87. The van der Waals surface area contributed by atoms with E-state index >= 15 is 0 Å². The maximum atomic E-state index is 5.55. The van der Waals surface area contributed by atoms with E-state index in [9.17, 15) is 0 Å². The van der Waals surface area contributed by atoms with E-state index in [4.69, 9.17) is 5.73 Å². The minimum atomic E-state index is 0.476. The van der Waals surface area contributed by atoms with E-state index in [0.717, 1.165) is 17.7 Å². The molecule has 3 nitrogen and oxygen atoms in total. The van der Waals surface area contributed by atoms with Crippen molar-refractivity contribution in [2.45, 2.75) is 39.8 Å². The zero-order chi connectivity index (χ0) is 9.14. The van der Waals surface area contributed by atoms with Crippen LogP contribution in [0.25, 0.3) is 0 Å². The van der Waals surface area contributed by atoms with Crippen LogP contribution in [-0.2, 0) is 6.54 Å². The summed E-state index contributed by atoms with van der Waals surface area (Å²) < 4.78 is 2.00. The lowest BCUT2D eigenvalue weighted by molar-refractivity contribution is 0.475. The summed E-state index contributed by atoms with van der Waals surface area (Å²) in [5, 5.41) is 4.39. The second kappa shape index (κ2) is 3.72. The van der Waals surface area contributed by atoms with Gasteiger partial charge in [-0.1, -0.05) is 6.92 Å². The number of nitrogens with zero attached hydrogens (tertiary/aromatic N) is 2. The predicted molar refractivity (Wildman–Crippen MR) is 49.9 cm³/mol. The minimum Gasteiger partial charge on any atom is -0.326 e. The molecule has 12 heavy (non-hydrogen) atoms. The predicted octanol–water partition coefficient (Wildman–Crippen LogP) is 1.62. The summed E-state index contributed by atoms with van der Waals surface area (Å²) in [7, 11) is 0. The van der Waals surface area contributed by atoms with E-state index in [1.54, 1.807) is 0 Å². The van der Waals surface area contributed by atoms with Gasteiger partial charge in [-0.3, -0.25) is 4.68 Å². The Balaban J connectivity index is 2.88. The molecule has 68 valence electrons. The summed E-state index contributed by atoms with van der Waals surface area (Å²) in [4.78, 5) is 0. The van der Waals surface area contributed by atoms with E-state index in [-0.39, 0.29) is 0 Å². The molecular formula is C9H17N3. The molecule has 0 aliphatic heterocycles. The van der Waals surface area contributed by atoms with Crippen LogP contribution in [-0.4, -0.2) is 9.78 Å². The van der Waals surface area contributed by atoms with E-state index in [1.807, 2.05) is 17.8 Å². The van der Waals surface area contributed by atoms with Crippen molar-refractivity contribution >= 4 is 0 Å². The van der Waals surface area contributed by atoms with Crippen molar-refractivity contribution in [1.82, 2.24) is 9.78 Å². The standard InChI is InChI=1S/C9H17N3/c1-4-7(2)12-6-9(5-10)8(3)11-12/h6-7H,4-5,10H2,1-3H3. The number of hydrogen-bond donors (Lipinski definition) is 1. The van der Waals surface area contributed by atoms with Crippen LogP contribution in [0.4, 0.5) is 0 Å². The van der Waals surface area contributed by atoms with Crippen LogP contribution in [0.2, 0.25) is 0 Å².